The SMILES string of the molecule is Cc1cccc(C(NC[C@H](O)c2ccc(Cl)cc2Cl)C(=O)O)c1C. The molecular weight excluding hydrogens is 349 g/mol. The summed E-state index contributed by atoms with van der Waals surface area (Å²) < 4.78 is 0. The number of carboxylic acid groups (broad SMARTS) is 1. The molecule has 0 saturated heterocycles. The van der Waals surface area contributed by atoms with Crippen LogP contribution >= 0.6 is 23.2 Å². The van der Waals surface area contributed by atoms with Gasteiger partial charge >= 0.3 is 5.97 Å². The Balaban J connectivity index is 2.17. The van der Waals surface area contributed by atoms with Crippen LogP contribution in [0.1, 0.15) is 34.4 Å². The van der Waals surface area contributed by atoms with Crippen LogP contribution in [0.5, 0.6) is 0 Å². The first kappa shape index (κ1) is 18.7. The van der Waals surface area contributed by atoms with Gasteiger partial charge in [-0.2, -0.15) is 0 Å². The van der Waals surface area contributed by atoms with E-state index in [1.165, 1.54) is 0 Å². The molecule has 0 heterocycles. The van der Waals surface area contributed by atoms with Gasteiger partial charge in [0, 0.05) is 22.2 Å². The average molecular weight is 368 g/mol. The minimum atomic E-state index is -1.00. The third kappa shape index (κ3) is 4.28. The lowest BCUT2D eigenvalue weighted by molar-refractivity contribution is -0.139. The Morgan fingerprint density at radius 1 is 1.17 bits per heavy atom. The molecule has 0 radical (unpaired) electrons. The van der Waals surface area contributed by atoms with Crippen molar-refractivity contribution in [3.05, 3.63) is 68.7 Å². The molecule has 3 N–H and O–H groups in total. The summed E-state index contributed by atoms with van der Waals surface area (Å²) >= 11 is 11.9. The second kappa shape index (κ2) is 7.99. The lowest BCUT2D eigenvalue weighted by atomic mass is 9.97. The largest absolute Gasteiger partial charge is 0.480 e. The quantitative estimate of drug-likeness (QED) is 0.719. The summed E-state index contributed by atoms with van der Waals surface area (Å²) in [6.07, 6.45) is -0.943. The molecule has 0 aromatic heterocycles. The maximum absolute atomic E-state index is 11.6. The normalized spacial score (nSPS) is 13.5. The predicted molar refractivity (Wildman–Crippen MR) is 95.7 cm³/mol. The topological polar surface area (TPSA) is 69.6 Å². The first-order valence-corrected chi connectivity index (χ1v) is 8.22. The number of aliphatic carboxylic acids is 1. The van der Waals surface area contributed by atoms with Crippen LogP contribution < -0.4 is 5.32 Å². The molecule has 2 atom stereocenters. The highest BCUT2D eigenvalue weighted by atomic mass is 35.5. The van der Waals surface area contributed by atoms with Crippen molar-refractivity contribution < 1.29 is 15.0 Å². The minimum Gasteiger partial charge on any atom is -0.480 e. The van der Waals surface area contributed by atoms with Gasteiger partial charge in [0.15, 0.2) is 0 Å². The van der Waals surface area contributed by atoms with E-state index in [1.54, 1.807) is 24.3 Å². The highest BCUT2D eigenvalue weighted by molar-refractivity contribution is 6.35. The van der Waals surface area contributed by atoms with Gasteiger partial charge < -0.3 is 10.2 Å². The van der Waals surface area contributed by atoms with Crippen LogP contribution in [0.15, 0.2) is 36.4 Å². The Kier molecular flexibility index (Phi) is 6.24. The molecule has 128 valence electrons. The average Bonchev–Trinajstić information content (AvgIpc) is 2.51. The van der Waals surface area contributed by atoms with Gasteiger partial charge in [-0.3, -0.25) is 10.1 Å². The summed E-state index contributed by atoms with van der Waals surface area (Å²) in [6, 6.07) is 9.42. The third-order valence-corrected chi connectivity index (χ3v) is 4.60. The number of aryl methyl sites for hydroxylation is 1. The van der Waals surface area contributed by atoms with Crippen molar-refractivity contribution in [1.82, 2.24) is 5.32 Å². The number of rotatable bonds is 6. The van der Waals surface area contributed by atoms with Gasteiger partial charge in [-0.15, -0.1) is 0 Å². The minimum absolute atomic E-state index is 0.0473. The number of aliphatic hydroxyl groups excluding tert-OH is 1. The van der Waals surface area contributed by atoms with Crippen molar-refractivity contribution in [2.45, 2.75) is 26.0 Å². The molecule has 0 spiro atoms. The maximum atomic E-state index is 11.6. The molecule has 0 fully saturated rings. The van der Waals surface area contributed by atoms with Crippen LogP contribution in [0, 0.1) is 13.8 Å². The Hall–Kier alpha value is -1.59. The number of carbonyl (C=O) groups is 1. The summed E-state index contributed by atoms with van der Waals surface area (Å²) in [5, 5.41) is 23.6. The molecule has 0 aliphatic carbocycles. The van der Waals surface area contributed by atoms with Crippen LogP contribution in [0.25, 0.3) is 0 Å². The fourth-order valence-corrected chi connectivity index (χ4v) is 3.06. The number of hydrogen-bond acceptors (Lipinski definition) is 3. The van der Waals surface area contributed by atoms with Crippen LogP contribution in [-0.2, 0) is 4.79 Å². The highest BCUT2D eigenvalue weighted by Gasteiger charge is 2.23. The van der Waals surface area contributed by atoms with Gasteiger partial charge in [0.05, 0.1) is 6.10 Å². The number of hydrogen-bond donors (Lipinski definition) is 3. The van der Waals surface area contributed by atoms with E-state index in [1.807, 2.05) is 26.0 Å². The molecule has 0 aliphatic rings. The van der Waals surface area contributed by atoms with Crippen LogP contribution in [0.2, 0.25) is 10.0 Å². The lowest BCUT2D eigenvalue weighted by Gasteiger charge is -2.21. The summed E-state index contributed by atoms with van der Waals surface area (Å²) in [4.78, 5) is 11.6. The van der Waals surface area contributed by atoms with Gasteiger partial charge in [0.2, 0.25) is 0 Å². The van der Waals surface area contributed by atoms with E-state index >= 15 is 0 Å². The van der Waals surface area contributed by atoms with E-state index in [-0.39, 0.29) is 6.54 Å². The Labute approximate surface area is 151 Å². The molecule has 24 heavy (non-hydrogen) atoms. The third-order valence-electron chi connectivity index (χ3n) is 4.04. The van der Waals surface area contributed by atoms with Crippen molar-refractivity contribution in [3.8, 4) is 0 Å². The van der Waals surface area contributed by atoms with Crippen molar-refractivity contribution in [2.24, 2.45) is 0 Å². The number of aliphatic hydroxyl groups is 1. The highest BCUT2D eigenvalue weighted by Crippen LogP contribution is 2.27. The maximum Gasteiger partial charge on any atom is 0.325 e. The molecule has 2 aromatic carbocycles. The van der Waals surface area contributed by atoms with Crippen LogP contribution in [-0.4, -0.2) is 22.7 Å². The van der Waals surface area contributed by atoms with Crippen molar-refractivity contribution in [2.75, 3.05) is 6.54 Å². The molecule has 0 amide bonds. The predicted octanol–water partition coefficient (Wildman–Crippen LogP) is 4.06. The molecule has 2 rings (SSSR count). The van der Waals surface area contributed by atoms with E-state index in [4.69, 9.17) is 23.2 Å². The van der Waals surface area contributed by atoms with Gasteiger partial charge in [-0.25, -0.2) is 0 Å². The van der Waals surface area contributed by atoms with E-state index in [0.29, 0.717) is 21.2 Å². The van der Waals surface area contributed by atoms with Gasteiger partial charge in [-0.1, -0.05) is 47.5 Å². The number of halogens is 2. The van der Waals surface area contributed by atoms with E-state index in [9.17, 15) is 15.0 Å². The fraction of sp³-hybridized carbons (Fsp3) is 0.278. The molecule has 6 heteroatoms. The summed E-state index contributed by atoms with van der Waals surface area (Å²) in [5.41, 5.74) is 3.11. The zero-order chi connectivity index (χ0) is 17.9. The monoisotopic (exact) mass is 367 g/mol. The molecule has 0 aliphatic heterocycles. The van der Waals surface area contributed by atoms with E-state index < -0.39 is 18.1 Å². The second-order valence-electron chi connectivity index (χ2n) is 5.65. The first-order chi connectivity index (χ1) is 11.3. The Morgan fingerprint density at radius 2 is 1.88 bits per heavy atom. The summed E-state index contributed by atoms with van der Waals surface area (Å²) in [6.45, 7) is 3.86. The number of benzene rings is 2. The first-order valence-electron chi connectivity index (χ1n) is 7.46. The fourth-order valence-electron chi connectivity index (χ4n) is 2.53. The molecule has 2 aromatic rings. The van der Waals surface area contributed by atoms with Gasteiger partial charge in [-0.05, 0) is 42.7 Å². The van der Waals surface area contributed by atoms with E-state index in [2.05, 4.69) is 5.32 Å². The van der Waals surface area contributed by atoms with Crippen LogP contribution in [0.4, 0.5) is 0 Å². The van der Waals surface area contributed by atoms with Crippen molar-refractivity contribution in [3.63, 3.8) is 0 Å². The molecular formula is C18H19Cl2NO3. The van der Waals surface area contributed by atoms with Gasteiger partial charge in [0.1, 0.15) is 6.04 Å². The van der Waals surface area contributed by atoms with Gasteiger partial charge in [0.25, 0.3) is 0 Å². The molecule has 0 bridgehead atoms. The lowest BCUT2D eigenvalue weighted by Crippen LogP contribution is -2.32. The number of nitrogens with one attached hydrogen (secondary N) is 1. The Morgan fingerprint density at radius 3 is 2.50 bits per heavy atom. The smallest absolute Gasteiger partial charge is 0.325 e. The molecule has 1 unspecified atom stereocenters. The number of carboxylic acids is 1. The zero-order valence-corrected chi connectivity index (χ0v) is 14.9. The molecule has 4 nitrogen and oxygen atoms in total. The van der Waals surface area contributed by atoms with E-state index in [0.717, 1.165) is 11.1 Å². The van der Waals surface area contributed by atoms with Crippen molar-refractivity contribution >= 4 is 29.2 Å². The van der Waals surface area contributed by atoms with Crippen LogP contribution in [0.3, 0.4) is 0 Å². The van der Waals surface area contributed by atoms with Crippen molar-refractivity contribution in [1.29, 1.82) is 0 Å². The Bertz CT molecular complexity index is 749. The summed E-state index contributed by atoms with van der Waals surface area (Å²) in [5.74, 6) is -1.00. The summed E-state index contributed by atoms with van der Waals surface area (Å²) in [7, 11) is 0. The molecule has 0 saturated carbocycles. The second-order valence-corrected chi connectivity index (χ2v) is 6.49. The zero-order valence-electron chi connectivity index (χ0n) is 13.4. The standard InChI is InChI=1S/C18H19Cl2NO3/c1-10-4-3-5-13(11(10)2)17(18(23)24)21-9-16(22)14-7-6-12(19)8-15(14)20/h3-8,16-17,21-22H,9H2,1-2H3,(H,23,24)/t16-,17?/m0/s1.